The number of carbonyl (C=O) groups is 3. The van der Waals surface area contributed by atoms with Gasteiger partial charge in [-0.2, -0.15) is 8.78 Å². The van der Waals surface area contributed by atoms with Gasteiger partial charge in [-0.1, -0.05) is 35.3 Å². The van der Waals surface area contributed by atoms with Crippen molar-refractivity contribution >= 4 is 52.6 Å². The fourth-order valence-corrected chi connectivity index (χ4v) is 7.44. The predicted octanol–water partition coefficient (Wildman–Crippen LogP) is 8.11. The SMILES string of the molecule is CC(=O)N1CCC(NCc2ccnc(Nc3cccc(-c4nccc(-c5ccc(CN(C[C@@H]6CCC(=O)N6)C(=O)OC(C)(C)C)c(OC(F)F)n5)c4Cl)c3Cl)c2F)CC1. The van der Waals surface area contributed by atoms with E-state index in [1.165, 1.54) is 23.4 Å². The first kappa shape index (κ1) is 43.4. The van der Waals surface area contributed by atoms with Gasteiger partial charge in [0.1, 0.15) is 5.60 Å². The van der Waals surface area contributed by atoms with Crippen LogP contribution in [0.3, 0.4) is 0 Å². The van der Waals surface area contributed by atoms with E-state index in [-0.39, 0.29) is 76.3 Å². The molecule has 0 aliphatic carbocycles. The van der Waals surface area contributed by atoms with E-state index in [4.69, 9.17) is 32.7 Å². The van der Waals surface area contributed by atoms with Crippen molar-refractivity contribution in [2.24, 2.45) is 0 Å². The highest BCUT2D eigenvalue weighted by atomic mass is 35.5. The van der Waals surface area contributed by atoms with Crippen LogP contribution in [0.15, 0.2) is 54.9 Å². The lowest BCUT2D eigenvalue weighted by Crippen LogP contribution is -2.44. The fraction of sp³-hybridized carbons (Fsp3) is 0.415. The molecule has 1 atom stereocenters. The molecule has 2 aliphatic rings. The Morgan fingerprint density at radius 1 is 1.00 bits per heavy atom. The molecule has 0 unspecified atom stereocenters. The standard InChI is InChI=1S/C41H45Cl2F3N8O5/c1-23(55)53-18-14-26(15-19-53)49-20-24-12-16-48-37(35(24)44)51-31-7-5-6-29(33(31)42)36-34(43)28(13-17-47-36)30-10-8-25(38(52-30)58-39(45)46)21-54(40(57)59-41(2,3)4)22-27-9-11-32(56)50-27/h5-8,10,12-13,16-17,26-27,39,49H,9,11,14-15,18-22H2,1-4H3,(H,48,51)(H,50,56)/t27-/m0/s1. The molecule has 6 rings (SSSR count). The van der Waals surface area contributed by atoms with Crippen LogP contribution in [-0.4, -0.2) is 86.6 Å². The summed E-state index contributed by atoms with van der Waals surface area (Å²) in [6.07, 6.45) is 4.57. The van der Waals surface area contributed by atoms with Crippen LogP contribution in [0.4, 0.5) is 29.5 Å². The van der Waals surface area contributed by atoms with Gasteiger partial charge in [-0.05, 0) is 70.4 Å². The van der Waals surface area contributed by atoms with Crippen LogP contribution in [0.5, 0.6) is 5.88 Å². The Morgan fingerprint density at radius 2 is 1.75 bits per heavy atom. The van der Waals surface area contributed by atoms with Crippen LogP contribution in [0, 0.1) is 5.82 Å². The molecule has 3 aromatic heterocycles. The number of ether oxygens (including phenoxy) is 2. The van der Waals surface area contributed by atoms with Crippen LogP contribution in [0.25, 0.3) is 22.5 Å². The maximum Gasteiger partial charge on any atom is 0.410 e. The van der Waals surface area contributed by atoms with Gasteiger partial charge in [0, 0.05) is 86.3 Å². The zero-order valence-corrected chi connectivity index (χ0v) is 34.5. The largest absolute Gasteiger partial charge is 0.444 e. The summed E-state index contributed by atoms with van der Waals surface area (Å²) < 4.78 is 53.8. The van der Waals surface area contributed by atoms with Crippen molar-refractivity contribution in [1.82, 2.24) is 35.4 Å². The van der Waals surface area contributed by atoms with Crippen molar-refractivity contribution in [3.63, 3.8) is 0 Å². The molecule has 59 heavy (non-hydrogen) atoms. The van der Waals surface area contributed by atoms with Gasteiger partial charge < -0.3 is 35.2 Å². The molecular weight excluding hydrogens is 812 g/mol. The molecule has 4 aromatic rings. The van der Waals surface area contributed by atoms with E-state index in [0.29, 0.717) is 48.3 Å². The molecule has 3 amide bonds. The van der Waals surface area contributed by atoms with E-state index in [9.17, 15) is 23.2 Å². The van der Waals surface area contributed by atoms with Crippen LogP contribution >= 0.6 is 23.2 Å². The Bertz CT molecular complexity index is 2190. The molecule has 18 heteroatoms. The number of hydrogen-bond acceptors (Lipinski definition) is 10. The van der Waals surface area contributed by atoms with Gasteiger partial charge in [-0.25, -0.2) is 19.2 Å². The first-order valence-electron chi connectivity index (χ1n) is 19.1. The van der Waals surface area contributed by atoms with E-state index >= 15 is 4.39 Å². The second-order valence-electron chi connectivity index (χ2n) is 15.3. The molecule has 13 nitrogen and oxygen atoms in total. The van der Waals surface area contributed by atoms with E-state index in [1.54, 1.807) is 69.0 Å². The molecular formula is C41H45Cl2F3N8O5. The van der Waals surface area contributed by atoms with Crippen LogP contribution in [-0.2, 0) is 27.4 Å². The Labute approximate surface area is 350 Å². The number of aromatic nitrogens is 3. The number of hydrogen-bond donors (Lipinski definition) is 3. The number of halogens is 5. The zero-order chi connectivity index (χ0) is 42.4. The zero-order valence-electron chi connectivity index (χ0n) is 33.0. The third-order valence-corrected chi connectivity index (χ3v) is 10.6. The minimum absolute atomic E-state index is 0.0439. The van der Waals surface area contributed by atoms with Crippen molar-refractivity contribution in [2.45, 2.75) is 90.8 Å². The summed E-state index contributed by atoms with van der Waals surface area (Å²) in [6, 6.07) is 11.0. The monoisotopic (exact) mass is 856 g/mol. The van der Waals surface area contributed by atoms with E-state index < -0.39 is 30.0 Å². The van der Waals surface area contributed by atoms with Crippen LogP contribution < -0.4 is 20.7 Å². The third kappa shape index (κ3) is 11.1. The van der Waals surface area contributed by atoms with Gasteiger partial charge >= 0.3 is 12.7 Å². The number of rotatable bonds is 13. The maximum atomic E-state index is 15.8. The fourth-order valence-electron chi connectivity index (χ4n) is 6.87. The number of nitrogens with one attached hydrogen (secondary N) is 3. The lowest BCUT2D eigenvalue weighted by atomic mass is 10.0. The van der Waals surface area contributed by atoms with E-state index in [0.717, 1.165) is 12.8 Å². The van der Waals surface area contributed by atoms with Crippen molar-refractivity contribution in [2.75, 3.05) is 25.0 Å². The van der Waals surface area contributed by atoms with Gasteiger partial charge in [0.15, 0.2) is 11.6 Å². The average Bonchev–Trinajstić information content (AvgIpc) is 3.60. The lowest BCUT2D eigenvalue weighted by Gasteiger charge is -2.31. The Balaban J connectivity index is 1.23. The summed E-state index contributed by atoms with van der Waals surface area (Å²) in [7, 11) is 0. The third-order valence-electron chi connectivity index (χ3n) is 9.84. The van der Waals surface area contributed by atoms with Gasteiger partial charge in [-0.3, -0.25) is 14.6 Å². The number of piperidine rings is 1. The molecule has 2 aliphatic heterocycles. The van der Waals surface area contributed by atoms with Crippen molar-refractivity contribution < 1.29 is 37.0 Å². The minimum Gasteiger partial charge on any atom is -0.444 e. The van der Waals surface area contributed by atoms with Gasteiger partial charge in [0.05, 0.1) is 33.7 Å². The quantitative estimate of drug-likeness (QED) is 0.120. The van der Waals surface area contributed by atoms with Gasteiger partial charge in [0.2, 0.25) is 17.7 Å². The molecule has 2 fully saturated rings. The second-order valence-corrected chi connectivity index (χ2v) is 16.1. The van der Waals surface area contributed by atoms with Gasteiger partial charge in [0.25, 0.3) is 0 Å². The van der Waals surface area contributed by atoms with Crippen LogP contribution in [0.2, 0.25) is 10.0 Å². The molecule has 0 bridgehead atoms. The Kier molecular flexibility index (Phi) is 13.8. The molecule has 1 aromatic carbocycles. The molecule has 314 valence electrons. The van der Waals surface area contributed by atoms with E-state index in [1.807, 2.05) is 0 Å². The summed E-state index contributed by atoms with van der Waals surface area (Å²) in [4.78, 5) is 53.0. The first-order valence-corrected chi connectivity index (χ1v) is 19.9. The number of anilines is 2. The Morgan fingerprint density at radius 3 is 2.42 bits per heavy atom. The topological polar surface area (TPSA) is 151 Å². The van der Waals surface area contributed by atoms with Crippen molar-refractivity contribution in [1.29, 1.82) is 0 Å². The number of nitrogens with zero attached hydrogens (tertiary/aromatic N) is 5. The minimum atomic E-state index is -3.24. The number of amides is 3. The number of carbonyl (C=O) groups excluding carboxylic acids is 3. The lowest BCUT2D eigenvalue weighted by molar-refractivity contribution is -0.130. The number of benzene rings is 1. The molecule has 2 saturated heterocycles. The highest BCUT2D eigenvalue weighted by molar-refractivity contribution is 6.39. The molecule has 0 radical (unpaired) electrons. The van der Waals surface area contributed by atoms with Crippen molar-refractivity contribution in [3.8, 4) is 28.4 Å². The first-order chi connectivity index (χ1) is 28.1. The highest BCUT2D eigenvalue weighted by Gasteiger charge is 2.30. The Hall–Kier alpha value is -5.19. The molecule has 5 heterocycles. The highest BCUT2D eigenvalue weighted by Crippen LogP contribution is 2.41. The molecule has 0 spiro atoms. The number of likely N-dealkylation sites (tertiary alicyclic amines) is 1. The summed E-state index contributed by atoms with van der Waals surface area (Å²) in [5.74, 6) is -1.15. The second kappa shape index (κ2) is 18.8. The van der Waals surface area contributed by atoms with Crippen molar-refractivity contribution in [3.05, 3.63) is 81.8 Å². The maximum absolute atomic E-state index is 15.8. The average molecular weight is 858 g/mol. The van der Waals surface area contributed by atoms with Crippen LogP contribution in [0.1, 0.15) is 64.5 Å². The van der Waals surface area contributed by atoms with E-state index in [2.05, 4.69) is 30.9 Å². The predicted molar refractivity (Wildman–Crippen MR) is 217 cm³/mol. The smallest absolute Gasteiger partial charge is 0.410 e. The summed E-state index contributed by atoms with van der Waals surface area (Å²) in [6.45, 7) is 4.83. The molecule has 0 saturated carbocycles. The van der Waals surface area contributed by atoms with Gasteiger partial charge in [-0.15, -0.1) is 0 Å². The normalized spacial score (nSPS) is 15.9. The summed E-state index contributed by atoms with van der Waals surface area (Å²) in [5.41, 5.74) is 1.12. The summed E-state index contributed by atoms with van der Waals surface area (Å²) >= 11 is 13.9. The summed E-state index contributed by atoms with van der Waals surface area (Å²) in [5, 5.41) is 9.43. The molecule has 3 N–H and O–H groups in total. The number of alkyl halides is 2. The number of pyridine rings is 3.